The van der Waals surface area contributed by atoms with Crippen molar-refractivity contribution < 1.29 is 56.7 Å². The van der Waals surface area contributed by atoms with E-state index < -0.39 is 34.9 Å². The summed E-state index contributed by atoms with van der Waals surface area (Å²) in [6.45, 7) is 17.5. The molecule has 0 saturated carbocycles. The Kier molecular flexibility index (Phi) is 27.4. The van der Waals surface area contributed by atoms with Gasteiger partial charge in [-0.2, -0.15) is 0 Å². The fourth-order valence-electron chi connectivity index (χ4n) is 7.42. The number of rotatable bonds is 22. The summed E-state index contributed by atoms with van der Waals surface area (Å²) in [6, 6.07) is 18.9. The van der Waals surface area contributed by atoms with Gasteiger partial charge in [-0.1, -0.05) is 130 Å². The van der Waals surface area contributed by atoms with Crippen LogP contribution in [0.2, 0.25) is 0 Å². The first-order valence-electron chi connectivity index (χ1n) is 23.1. The van der Waals surface area contributed by atoms with Gasteiger partial charge in [-0.15, -0.1) is 0 Å². The molecule has 0 aliphatic heterocycles. The Bertz CT molecular complexity index is 2050. The van der Waals surface area contributed by atoms with Crippen LogP contribution in [0.25, 0.3) is 0 Å². The number of aromatic carboxylic acids is 2. The van der Waals surface area contributed by atoms with Crippen LogP contribution in [-0.4, -0.2) is 43.8 Å². The molecule has 11 heteroatoms. The van der Waals surface area contributed by atoms with Gasteiger partial charge in [-0.3, -0.25) is 9.98 Å². The Hall–Kier alpha value is -5.15. The van der Waals surface area contributed by atoms with Gasteiger partial charge in [-0.25, -0.2) is 9.59 Å². The largest absolute Gasteiger partial charge is 2.00 e. The van der Waals surface area contributed by atoms with Crippen molar-refractivity contribution in [2.24, 2.45) is 9.98 Å². The standard InChI is InChI=1S/C29H42N2.2C12H16O4.Ni/c1-7-13-14-15-29(31-27-19-17-23(9-3)25(11-5)21-27)28(12-6)30-26-18-16-22(8-2)24(10-4)20-26;2*1-2-3-4-5-8-6-7-9(13)11(14)10(8)12(15)16;/h16-21H,7-15H2,1-6H3;2*6-7,13-14H,2-5H2,1H3,(H,15,16);/q;;;+2/p-2. The molecule has 0 atom stereocenters. The van der Waals surface area contributed by atoms with Crippen molar-refractivity contribution in [1.29, 1.82) is 0 Å². The Morgan fingerprint density at radius 1 is 0.484 bits per heavy atom. The number of carboxylic acid groups (broad SMARTS) is 2. The van der Waals surface area contributed by atoms with Crippen molar-refractivity contribution in [2.75, 3.05) is 0 Å². The van der Waals surface area contributed by atoms with E-state index in [1.165, 1.54) is 59.4 Å². The van der Waals surface area contributed by atoms with Crippen molar-refractivity contribution in [1.82, 2.24) is 0 Å². The minimum absolute atomic E-state index is 0. The van der Waals surface area contributed by atoms with Crippen LogP contribution in [0.5, 0.6) is 23.0 Å². The molecule has 0 heterocycles. The number of phenols is 2. The smallest absolute Gasteiger partial charge is 0.869 e. The average Bonchev–Trinajstić information content (AvgIpc) is 3.27. The normalized spacial score (nSPS) is 11.2. The van der Waals surface area contributed by atoms with Crippen LogP contribution in [0.3, 0.4) is 0 Å². The topological polar surface area (TPSA) is 186 Å². The van der Waals surface area contributed by atoms with E-state index in [2.05, 4.69) is 77.9 Å². The number of aryl methyl sites for hydroxylation is 6. The van der Waals surface area contributed by atoms with E-state index >= 15 is 0 Å². The van der Waals surface area contributed by atoms with Gasteiger partial charge in [-0.05, 0) is 140 Å². The minimum atomic E-state index is -1.27. The monoisotopic (exact) mass is 922 g/mol. The van der Waals surface area contributed by atoms with Crippen LogP contribution in [-0.2, 0) is 55.0 Å². The molecule has 10 nitrogen and oxygen atoms in total. The number of phenolic OH excluding ortho intramolecular Hbond substituents is 2. The third kappa shape index (κ3) is 17.8. The molecule has 0 saturated heterocycles. The van der Waals surface area contributed by atoms with Gasteiger partial charge < -0.3 is 30.6 Å². The van der Waals surface area contributed by atoms with E-state index in [1.54, 1.807) is 0 Å². The molecule has 0 aliphatic carbocycles. The SMILES string of the molecule is CCCCCC(=Nc1ccc(CC)c(CC)c1)C(CC)=Nc1ccc(CC)c(CC)c1.CCCCCc1ccc(O)c([O-])c1C(=O)O.CCCCCc1ccc(O)c([O-])c1C(=O)O.[Ni+2]. The number of aliphatic imine (C=N–C) groups is 2. The molecule has 0 amide bonds. The Morgan fingerprint density at radius 2 is 0.844 bits per heavy atom. The van der Waals surface area contributed by atoms with E-state index in [0.29, 0.717) is 24.0 Å². The Balaban J connectivity index is 0.000000524. The first kappa shape index (κ1) is 56.9. The quantitative estimate of drug-likeness (QED) is 0.0341. The van der Waals surface area contributed by atoms with Gasteiger partial charge in [0.1, 0.15) is 11.5 Å². The van der Waals surface area contributed by atoms with E-state index in [9.17, 15) is 19.8 Å². The molecule has 0 unspecified atom stereocenters. The van der Waals surface area contributed by atoms with Gasteiger partial charge in [0.25, 0.3) is 0 Å². The third-order valence-electron chi connectivity index (χ3n) is 11.1. The number of aromatic hydroxyl groups is 2. The maximum atomic E-state index is 11.4. The Morgan fingerprint density at radius 3 is 1.19 bits per heavy atom. The predicted molar refractivity (Wildman–Crippen MR) is 255 cm³/mol. The van der Waals surface area contributed by atoms with E-state index in [4.69, 9.17) is 30.4 Å². The molecule has 0 spiro atoms. The molecule has 0 fully saturated rings. The molecule has 4 aromatic carbocycles. The number of carboxylic acids is 2. The number of benzene rings is 4. The molecule has 4 rings (SSSR count). The summed E-state index contributed by atoms with van der Waals surface area (Å²) in [5.74, 6) is -5.13. The second kappa shape index (κ2) is 30.9. The number of nitrogens with zero attached hydrogens (tertiary/aromatic N) is 2. The predicted octanol–water partition coefficient (Wildman–Crippen LogP) is 12.6. The van der Waals surface area contributed by atoms with Crippen molar-refractivity contribution >= 4 is 34.7 Å². The number of hydrogen-bond donors (Lipinski definition) is 4. The van der Waals surface area contributed by atoms with Crippen molar-refractivity contribution in [2.45, 2.75) is 165 Å². The van der Waals surface area contributed by atoms with Crippen LogP contribution in [0, 0.1) is 0 Å². The van der Waals surface area contributed by atoms with Gasteiger partial charge >= 0.3 is 28.4 Å². The van der Waals surface area contributed by atoms with Crippen LogP contribution >= 0.6 is 0 Å². The first-order valence-corrected chi connectivity index (χ1v) is 23.1. The van der Waals surface area contributed by atoms with E-state index in [1.807, 2.05) is 13.8 Å². The zero-order valence-electron chi connectivity index (χ0n) is 39.4. The maximum Gasteiger partial charge on any atom is 2.00 e. The van der Waals surface area contributed by atoms with Crippen molar-refractivity contribution in [3.05, 3.63) is 105 Å². The maximum absolute atomic E-state index is 11.4. The molecule has 4 N–H and O–H groups in total. The van der Waals surface area contributed by atoms with Crippen LogP contribution in [0.1, 0.15) is 180 Å². The van der Waals surface area contributed by atoms with Gasteiger partial charge in [0.05, 0.1) is 33.9 Å². The van der Waals surface area contributed by atoms with Gasteiger partial charge in [0.15, 0.2) is 0 Å². The number of unbranched alkanes of at least 4 members (excludes halogenated alkanes) is 6. The van der Waals surface area contributed by atoms with E-state index in [0.717, 1.165) is 106 Å². The average molecular weight is 924 g/mol. The molecule has 0 aromatic heterocycles. The summed E-state index contributed by atoms with van der Waals surface area (Å²) in [5.41, 5.74) is 10.5. The van der Waals surface area contributed by atoms with Crippen LogP contribution < -0.4 is 10.2 Å². The van der Waals surface area contributed by atoms with Crippen molar-refractivity contribution in [3.8, 4) is 23.0 Å². The minimum Gasteiger partial charge on any atom is -0.869 e. The summed E-state index contributed by atoms with van der Waals surface area (Å²) in [5, 5.41) is 59.0. The summed E-state index contributed by atoms with van der Waals surface area (Å²) < 4.78 is 0. The molecular formula is C53H72N2NiO8. The third-order valence-corrected chi connectivity index (χ3v) is 11.1. The van der Waals surface area contributed by atoms with Crippen molar-refractivity contribution in [3.63, 3.8) is 0 Å². The summed E-state index contributed by atoms with van der Waals surface area (Å²) >= 11 is 0. The second-order valence-electron chi connectivity index (χ2n) is 15.7. The first-order chi connectivity index (χ1) is 30.2. The van der Waals surface area contributed by atoms with Gasteiger partial charge in [0.2, 0.25) is 0 Å². The zero-order valence-corrected chi connectivity index (χ0v) is 40.4. The molecule has 0 aliphatic rings. The number of carbonyl (C=O) groups is 2. The Labute approximate surface area is 392 Å². The van der Waals surface area contributed by atoms with Crippen LogP contribution in [0.15, 0.2) is 70.6 Å². The molecule has 0 radical (unpaired) electrons. The summed E-state index contributed by atoms with van der Waals surface area (Å²) in [7, 11) is 0. The fraction of sp³-hybridized carbons (Fsp3) is 0.472. The summed E-state index contributed by atoms with van der Waals surface area (Å²) in [6.07, 6.45) is 16.6. The van der Waals surface area contributed by atoms with Gasteiger partial charge in [0, 0.05) is 0 Å². The number of hydrogen-bond acceptors (Lipinski definition) is 8. The summed E-state index contributed by atoms with van der Waals surface area (Å²) in [4.78, 5) is 32.1. The van der Waals surface area contributed by atoms with E-state index in [-0.39, 0.29) is 27.6 Å². The molecule has 352 valence electrons. The molecule has 64 heavy (non-hydrogen) atoms. The van der Waals surface area contributed by atoms with Crippen LogP contribution in [0.4, 0.5) is 11.4 Å². The molecule has 4 aromatic rings. The molecule has 0 bridgehead atoms. The zero-order chi connectivity index (χ0) is 46.9. The second-order valence-corrected chi connectivity index (χ2v) is 15.7. The molecular weight excluding hydrogens is 851 g/mol. The fourth-order valence-corrected chi connectivity index (χ4v) is 7.42.